The van der Waals surface area contributed by atoms with Gasteiger partial charge in [-0.2, -0.15) is 4.98 Å². The van der Waals surface area contributed by atoms with E-state index in [1.54, 1.807) is 6.07 Å². The summed E-state index contributed by atoms with van der Waals surface area (Å²) >= 11 is 12.5. The average molecular weight is 459 g/mol. The van der Waals surface area contributed by atoms with Crippen LogP contribution in [0.5, 0.6) is 0 Å². The molecular formula is C23H28Cl2N6. The molecule has 2 saturated carbocycles. The van der Waals surface area contributed by atoms with Crippen LogP contribution in [-0.2, 0) is 0 Å². The van der Waals surface area contributed by atoms with E-state index in [1.165, 1.54) is 38.5 Å². The maximum atomic E-state index is 6.43. The number of rotatable bonds is 5. The topological polar surface area (TPSA) is 67.7 Å². The highest BCUT2D eigenvalue weighted by atomic mass is 35.5. The van der Waals surface area contributed by atoms with Gasteiger partial charge in [0.1, 0.15) is 5.52 Å². The van der Waals surface area contributed by atoms with Gasteiger partial charge in [0.05, 0.1) is 16.9 Å². The van der Waals surface area contributed by atoms with E-state index in [2.05, 4.69) is 27.1 Å². The van der Waals surface area contributed by atoms with Crippen LogP contribution >= 0.6 is 23.2 Å². The maximum absolute atomic E-state index is 6.43. The molecule has 2 N–H and O–H groups in total. The van der Waals surface area contributed by atoms with Gasteiger partial charge in [0, 0.05) is 17.1 Å². The van der Waals surface area contributed by atoms with E-state index in [4.69, 9.17) is 33.2 Å². The number of nitrogens with zero attached hydrogens (tertiary/aromatic N) is 4. The Morgan fingerprint density at radius 3 is 2.52 bits per heavy atom. The fourth-order valence-corrected chi connectivity index (χ4v) is 5.31. The quantitative estimate of drug-likeness (QED) is 0.431. The number of benzene rings is 1. The maximum Gasteiger partial charge on any atom is 0.224 e. The molecule has 0 amide bonds. The van der Waals surface area contributed by atoms with Gasteiger partial charge in [-0.25, -0.2) is 9.97 Å². The van der Waals surface area contributed by atoms with Gasteiger partial charge in [-0.1, -0.05) is 43.0 Å². The summed E-state index contributed by atoms with van der Waals surface area (Å²) in [5, 5.41) is 8.13. The van der Waals surface area contributed by atoms with E-state index in [0.29, 0.717) is 28.1 Å². The molecule has 2 fully saturated rings. The number of anilines is 3. The van der Waals surface area contributed by atoms with Crippen molar-refractivity contribution in [2.24, 2.45) is 5.92 Å². The molecule has 0 atom stereocenters. The minimum atomic E-state index is 0.351. The predicted octanol–water partition coefficient (Wildman–Crippen LogP) is 6.98. The van der Waals surface area contributed by atoms with Crippen LogP contribution < -0.4 is 10.6 Å². The summed E-state index contributed by atoms with van der Waals surface area (Å²) in [4.78, 5) is 14.3. The molecule has 2 heterocycles. The third-order valence-electron chi connectivity index (χ3n) is 6.65. The minimum Gasteiger partial charge on any atom is -0.351 e. The molecular weight excluding hydrogens is 431 g/mol. The van der Waals surface area contributed by atoms with Crippen molar-refractivity contribution in [1.29, 1.82) is 0 Å². The first-order valence-electron chi connectivity index (χ1n) is 11.3. The normalized spacial score (nSPS) is 22.2. The second-order valence-electron chi connectivity index (χ2n) is 9.00. The zero-order chi connectivity index (χ0) is 21.4. The molecule has 0 saturated heterocycles. The van der Waals surface area contributed by atoms with Crippen LogP contribution in [0.2, 0.25) is 10.0 Å². The van der Waals surface area contributed by atoms with Crippen molar-refractivity contribution < 1.29 is 0 Å². The molecule has 5 rings (SSSR count). The summed E-state index contributed by atoms with van der Waals surface area (Å²) in [6.07, 6.45) is 11.4. The van der Waals surface area contributed by atoms with Gasteiger partial charge >= 0.3 is 0 Å². The van der Waals surface area contributed by atoms with E-state index in [-0.39, 0.29) is 0 Å². The van der Waals surface area contributed by atoms with Crippen LogP contribution in [0.1, 0.15) is 64.3 Å². The van der Waals surface area contributed by atoms with Crippen LogP contribution in [0.25, 0.3) is 11.2 Å². The molecule has 8 heteroatoms. The molecule has 0 unspecified atom stereocenters. The Hall–Kier alpha value is -2.05. The zero-order valence-electron chi connectivity index (χ0n) is 17.7. The summed E-state index contributed by atoms with van der Waals surface area (Å²) in [5.74, 6) is 2.22. The molecule has 1 aromatic carbocycles. The molecule has 2 aliphatic carbocycles. The van der Waals surface area contributed by atoms with Gasteiger partial charge in [0.15, 0.2) is 5.65 Å². The second kappa shape index (κ2) is 8.83. The summed E-state index contributed by atoms with van der Waals surface area (Å²) < 4.78 is 2.26. The van der Waals surface area contributed by atoms with Gasteiger partial charge in [-0.3, -0.25) is 4.57 Å². The lowest BCUT2D eigenvalue weighted by atomic mass is 9.87. The predicted molar refractivity (Wildman–Crippen MR) is 128 cm³/mol. The van der Waals surface area contributed by atoms with Crippen LogP contribution in [0.15, 0.2) is 24.4 Å². The first-order valence-corrected chi connectivity index (χ1v) is 12.1. The molecule has 2 aliphatic rings. The summed E-state index contributed by atoms with van der Waals surface area (Å²) in [5.41, 5.74) is 2.45. The largest absolute Gasteiger partial charge is 0.351 e. The highest BCUT2D eigenvalue weighted by molar-refractivity contribution is 6.36. The molecule has 0 bridgehead atoms. The van der Waals surface area contributed by atoms with Gasteiger partial charge < -0.3 is 10.6 Å². The number of hydrogen-bond donors (Lipinski definition) is 2. The number of imidazole rings is 1. The first kappa shape index (κ1) is 20.8. The monoisotopic (exact) mass is 458 g/mol. The molecule has 0 aliphatic heterocycles. The number of fused-ring (bicyclic) bond motifs is 1. The number of aromatic nitrogens is 4. The van der Waals surface area contributed by atoms with Crippen molar-refractivity contribution in [2.75, 3.05) is 10.6 Å². The third kappa shape index (κ3) is 4.46. The Morgan fingerprint density at radius 1 is 1.00 bits per heavy atom. The Bertz CT molecular complexity index is 1070. The van der Waals surface area contributed by atoms with Crippen molar-refractivity contribution >= 4 is 51.9 Å². The lowest BCUT2D eigenvalue weighted by Gasteiger charge is -2.28. The summed E-state index contributed by atoms with van der Waals surface area (Å²) in [7, 11) is 0. The van der Waals surface area contributed by atoms with E-state index in [1.807, 2.05) is 18.3 Å². The highest BCUT2D eigenvalue weighted by Gasteiger charge is 2.26. The first-order chi connectivity index (χ1) is 15.1. The van der Waals surface area contributed by atoms with Crippen LogP contribution in [0.3, 0.4) is 0 Å². The minimum absolute atomic E-state index is 0.351. The Morgan fingerprint density at radius 2 is 1.77 bits per heavy atom. The molecule has 164 valence electrons. The molecule has 0 spiro atoms. The number of halogens is 2. The van der Waals surface area contributed by atoms with Crippen molar-refractivity contribution in [3.8, 4) is 0 Å². The Kier molecular flexibility index (Phi) is 5.93. The Balaban J connectivity index is 1.53. The fraction of sp³-hybridized carbons (Fsp3) is 0.522. The van der Waals surface area contributed by atoms with Gasteiger partial charge in [-0.15, -0.1) is 0 Å². The van der Waals surface area contributed by atoms with E-state index in [0.717, 1.165) is 41.6 Å². The van der Waals surface area contributed by atoms with Crippen molar-refractivity contribution in [3.63, 3.8) is 0 Å². The Labute approximate surface area is 192 Å². The van der Waals surface area contributed by atoms with Crippen LogP contribution in [-0.4, -0.2) is 25.6 Å². The smallest absolute Gasteiger partial charge is 0.224 e. The summed E-state index contributed by atoms with van der Waals surface area (Å²) in [6, 6.07) is 6.27. The van der Waals surface area contributed by atoms with Gasteiger partial charge in [0.25, 0.3) is 0 Å². The van der Waals surface area contributed by atoms with Gasteiger partial charge in [-0.05, 0) is 62.6 Å². The van der Waals surface area contributed by atoms with Gasteiger partial charge in [0.2, 0.25) is 11.9 Å². The van der Waals surface area contributed by atoms with E-state index < -0.39 is 0 Å². The lowest BCUT2D eigenvalue weighted by Crippen LogP contribution is -2.19. The molecule has 6 nitrogen and oxygen atoms in total. The molecule has 0 radical (unpaired) electrons. The van der Waals surface area contributed by atoms with Crippen molar-refractivity contribution in [2.45, 2.75) is 70.4 Å². The zero-order valence-corrected chi connectivity index (χ0v) is 19.3. The lowest BCUT2D eigenvalue weighted by molar-refractivity contribution is 0.295. The van der Waals surface area contributed by atoms with Crippen molar-refractivity contribution in [1.82, 2.24) is 19.5 Å². The van der Waals surface area contributed by atoms with E-state index >= 15 is 0 Å². The third-order valence-corrected chi connectivity index (χ3v) is 7.20. The average Bonchev–Trinajstić information content (AvgIpc) is 3.38. The molecule has 31 heavy (non-hydrogen) atoms. The van der Waals surface area contributed by atoms with Crippen molar-refractivity contribution in [3.05, 3.63) is 34.4 Å². The van der Waals surface area contributed by atoms with Crippen LogP contribution in [0, 0.1) is 5.92 Å². The SMILES string of the molecule is CC1CCC(n2c(Nc3ccc(Cl)cc3Cl)nc3cnc(NC4CCCC4)nc32)CC1. The van der Waals surface area contributed by atoms with Crippen LogP contribution in [0.4, 0.5) is 17.6 Å². The fourth-order valence-electron chi connectivity index (χ4n) is 4.86. The summed E-state index contributed by atoms with van der Waals surface area (Å²) in [6.45, 7) is 2.33. The second-order valence-corrected chi connectivity index (χ2v) is 9.84. The number of nitrogens with one attached hydrogen (secondary N) is 2. The highest BCUT2D eigenvalue weighted by Crippen LogP contribution is 2.38. The number of hydrogen-bond acceptors (Lipinski definition) is 5. The standard InChI is InChI=1S/C23H28Cl2N6/c1-14-6-9-17(10-7-14)31-21-20(13-26-22(30-21)27-16-4-2-3-5-16)29-23(31)28-19-11-8-15(24)12-18(19)25/h8,11-14,16-17H,2-7,9-10H2,1H3,(H,28,29)(H,26,27,30). The van der Waals surface area contributed by atoms with E-state index in [9.17, 15) is 0 Å². The molecule has 3 aromatic rings. The molecule has 2 aromatic heterocycles.